The third kappa shape index (κ3) is 4.00. The molecule has 82 valence electrons. The van der Waals surface area contributed by atoms with Crippen LogP contribution in [0.1, 0.15) is 23.6 Å². The molecule has 0 aliphatic carbocycles. The van der Waals surface area contributed by atoms with Gasteiger partial charge in [-0.05, 0) is 26.0 Å². The monoisotopic (exact) mass is 224 g/mol. The molecule has 4 heteroatoms. The highest BCUT2D eigenvalue weighted by molar-refractivity contribution is 7.12. The summed E-state index contributed by atoms with van der Waals surface area (Å²) in [5, 5.41) is 12.1. The number of thiophene rings is 1. The number of nitrogens with one attached hydrogen (secondary N) is 1. The van der Waals surface area contributed by atoms with Crippen LogP contribution in [0.2, 0.25) is 0 Å². The molecule has 0 atom stereocenters. The molecule has 0 aromatic carbocycles. The normalized spacial score (nSPS) is 11.3. The highest BCUT2D eigenvalue weighted by atomic mass is 32.1. The van der Waals surface area contributed by atoms with Crippen LogP contribution in [0.25, 0.3) is 0 Å². The van der Waals surface area contributed by atoms with Crippen molar-refractivity contribution < 1.29 is 4.74 Å². The summed E-state index contributed by atoms with van der Waals surface area (Å²) < 4.78 is 5.11. The van der Waals surface area contributed by atoms with Crippen molar-refractivity contribution in [1.82, 2.24) is 5.32 Å². The van der Waals surface area contributed by atoms with Crippen LogP contribution in [0.4, 0.5) is 0 Å². The predicted octanol–water partition coefficient (Wildman–Crippen LogP) is 2.13. The Balaban J connectivity index is 2.46. The zero-order valence-corrected chi connectivity index (χ0v) is 10.1. The van der Waals surface area contributed by atoms with Gasteiger partial charge in [0.1, 0.15) is 10.9 Å². The Morgan fingerprint density at radius 1 is 1.53 bits per heavy atom. The van der Waals surface area contributed by atoms with Gasteiger partial charge in [-0.3, -0.25) is 0 Å². The Morgan fingerprint density at radius 3 is 2.80 bits per heavy atom. The second-order valence-corrected chi connectivity index (χ2v) is 5.22. The van der Waals surface area contributed by atoms with E-state index in [-0.39, 0.29) is 5.54 Å². The SMILES string of the molecule is COCC(C)(C)NCc1ccc(C#N)s1. The van der Waals surface area contributed by atoms with Crippen molar-refractivity contribution in [2.75, 3.05) is 13.7 Å². The van der Waals surface area contributed by atoms with Gasteiger partial charge in [-0.1, -0.05) is 0 Å². The van der Waals surface area contributed by atoms with Crippen molar-refractivity contribution in [2.24, 2.45) is 0 Å². The minimum Gasteiger partial charge on any atom is -0.383 e. The van der Waals surface area contributed by atoms with E-state index in [1.807, 2.05) is 12.1 Å². The number of hydrogen-bond donors (Lipinski definition) is 1. The van der Waals surface area contributed by atoms with Crippen LogP contribution in [0.3, 0.4) is 0 Å². The van der Waals surface area contributed by atoms with Crippen LogP contribution in [0, 0.1) is 11.3 Å². The summed E-state index contributed by atoms with van der Waals surface area (Å²) >= 11 is 1.53. The lowest BCUT2D eigenvalue weighted by Gasteiger charge is -2.24. The molecule has 1 N–H and O–H groups in total. The number of methoxy groups -OCH3 is 1. The molecule has 0 saturated carbocycles. The van der Waals surface area contributed by atoms with Gasteiger partial charge in [0.05, 0.1) is 6.61 Å². The second kappa shape index (κ2) is 5.26. The Hall–Kier alpha value is -0.890. The van der Waals surface area contributed by atoms with Gasteiger partial charge in [-0.2, -0.15) is 5.26 Å². The van der Waals surface area contributed by atoms with E-state index in [9.17, 15) is 0 Å². The van der Waals surface area contributed by atoms with E-state index < -0.39 is 0 Å². The summed E-state index contributed by atoms with van der Waals surface area (Å²) in [7, 11) is 1.70. The van der Waals surface area contributed by atoms with E-state index in [1.54, 1.807) is 7.11 Å². The lowest BCUT2D eigenvalue weighted by atomic mass is 10.1. The highest BCUT2D eigenvalue weighted by Crippen LogP contribution is 2.16. The predicted molar refractivity (Wildman–Crippen MR) is 61.8 cm³/mol. The molecule has 0 bridgehead atoms. The maximum Gasteiger partial charge on any atom is 0.110 e. The molecule has 0 spiro atoms. The van der Waals surface area contributed by atoms with Crippen molar-refractivity contribution in [3.8, 4) is 6.07 Å². The summed E-state index contributed by atoms with van der Waals surface area (Å²) in [5.74, 6) is 0. The van der Waals surface area contributed by atoms with Gasteiger partial charge in [-0.15, -0.1) is 11.3 Å². The first kappa shape index (κ1) is 12.2. The van der Waals surface area contributed by atoms with Crippen LogP contribution >= 0.6 is 11.3 Å². The zero-order valence-electron chi connectivity index (χ0n) is 9.33. The first-order valence-electron chi connectivity index (χ1n) is 4.80. The molecule has 1 aromatic rings. The lowest BCUT2D eigenvalue weighted by molar-refractivity contribution is 0.128. The van der Waals surface area contributed by atoms with E-state index in [4.69, 9.17) is 10.00 Å². The molecule has 0 aliphatic rings. The maximum absolute atomic E-state index is 8.68. The molecule has 0 saturated heterocycles. The summed E-state index contributed by atoms with van der Waals surface area (Å²) in [5.41, 5.74) is -0.0362. The molecule has 15 heavy (non-hydrogen) atoms. The average molecular weight is 224 g/mol. The topological polar surface area (TPSA) is 45.0 Å². The van der Waals surface area contributed by atoms with Crippen molar-refractivity contribution in [1.29, 1.82) is 5.26 Å². The molecule has 1 rings (SSSR count). The standard InChI is InChI=1S/C11H16N2OS/c1-11(2,8-14-3)13-7-10-5-4-9(6-12)15-10/h4-5,13H,7-8H2,1-3H3. The smallest absolute Gasteiger partial charge is 0.110 e. The lowest BCUT2D eigenvalue weighted by Crippen LogP contribution is -2.42. The van der Waals surface area contributed by atoms with Gasteiger partial charge in [0.15, 0.2) is 0 Å². The van der Waals surface area contributed by atoms with Crippen molar-refractivity contribution >= 4 is 11.3 Å². The van der Waals surface area contributed by atoms with Crippen LogP contribution in [-0.4, -0.2) is 19.3 Å². The molecule has 0 fully saturated rings. The Morgan fingerprint density at radius 2 is 2.27 bits per heavy atom. The second-order valence-electron chi connectivity index (χ2n) is 4.05. The summed E-state index contributed by atoms with van der Waals surface area (Å²) in [6.45, 7) is 5.64. The number of nitrogens with zero attached hydrogens (tertiary/aromatic N) is 1. The quantitative estimate of drug-likeness (QED) is 0.833. The van der Waals surface area contributed by atoms with Gasteiger partial charge < -0.3 is 10.1 Å². The Kier molecular flexibility index (Phi) is 4.28. The molecule has 3 nitrogen and oxygen atoms in total. The van der Waals surface area contributed by atoms with Crippen LogP contribution in [0.15, 0.2) is 12.1 Å². The Labute approximate surface area is 94.7 Å². The molecule has 1 heterocycles. The van der Waals surface area contributed by atoms with Gasteiger partial charge in [-0.25, -0.2) is 0 Å². The third-order valence-electron chi connectivity index (χ3n) is 2.02. The summed E-state index contributed by atoms with van der Waals surface area (Å²) in [4.78, 5) is 1.94. The van der Waals surface area contributed by atoms with Crippen molar-refractivity contribution in [3.05, 3.63) is 21.9 Å². The minimum atomic E-state index is -0.0362. The van der Waals surface area contributed by atoms with Gasteiger partial charge in [0.25, 0.3) is 0 Å². The van der Waals surface area contributed by atoms with Gasteiger partial charge >= 0.3 is 0 Å². The molecular weight excluding hydrogens is 208 g/mol. The van der Waals surface area contributed by atoms with Crippen molar-refractivity contribution in [2.45, 2.75) is 25.9 Å². The third-order valence-corrected chi connectivity index (χ3v) is 3.01. The highest BCUT2D eigenvalue weighted by Gasteiger charge is 2.16. The van der Waals surface area contributed by atoms with Crippen LogP contribution < -0.4 is 5.32 Å². The van der Waals surface area contributed by atoms with E-state index in [2.05, 4.69) is 25.2 Å². The van der Waals surface area contributed by atoms with Crippen LogP contribution in [0.5, 0.6) is 0 Å². The fourth-order valence-electron chi connectivity index (χ4n) is 1.27. The number of nitriles is 1. The van der Waals surface area contributed by atoms with E-state index in [0.717, 1.165) is 11.4 Å². The van der Waals surface area contributed by atoms with Gasteiger partial charge in [0, 0.05) is 24.1 Å². The number of hydrogen-bond acceptors (Lipinski definition) is 4. The zero-order chi connectivity index (χ0) is 11.3. The Bertz CT molecular complexity index is 352. The van der Waals surface area contributed by atoms with Gasteiger partial charge in [0.2, 0.25) is 0 Å². The van der Waals surface area contributed by atoms with Crippen molar-refractivity contribution in [3.63, 3.8) is 0 Å². The summed E-state index contributed by atoms with van der Waals surface area (Å²) in [6, 6.07) is 5.97. The van der Waals surface area contributed by atoms with E-state index >= 15 is 0 Å². The summed E-state index contributed by atoms with van der Waals surface area (Å²) in [6.07, 6.45) is 0. The molecular formula is C11H16N2OS. The molecule has 0 unspecified atom stereocenters. The number of ether oxygens (including phenoxy) is 1. The fourth-order valence-corrected chi connectivity index (χ4v) is 2.02. The minimum absolute atomic E-state index is 0.0362. The number of rotatable bonds is 5. The molecule has 1 aromatic heterocycles. The first-order chi connectivity index (χ1) is 7.07. The van der Waals surface area contributed by atoms with Crippen LogP contribution in [-0.2, 0) is 11.3 Å². The fraction of sp³-hybridized carbons (Fsp3) is 0.545. The maximum atomic E-state index is 8.68. The van der Waals surface area contributed by atoms with E-state index in [0.29, 0.717) is 6.61 Å². The molecule has 0 aliphatic heterocycles. The largest absolute Gasteiger partial charge is 0.383 e. The first-order valence-corrected chi connectivity index (χ1v) is 5.62. The average Bonchev–Trinajstić information content (AvgIpc) is 2.62. The molecule has 0 amide bonds. The van der Waals surface area contributed by atoms with E-state index in [1.165, 1.54) is 16.2 Å². The molecule has 0 radical (unpaired) electrons.